The molecule has 0 unspecified atom stereocenters. The third kappa shape index (κ3) is 6.23. The molecule has 0 saturated carbocycles. The van der Waals surface area contributed by atoms with E-state index in [1.807, 2.05) is 48.5 Å². The molecule has 1 aromatic heterocycles. The molecule has 2 aromatic carbocycles. The highest BCUT2D eigenvalue weighted by Gasteiger charge is 2.10. The van der Waals surface area contributed by atoms with Crippen molar-refractivity contribution in [3.8, 4) is 28.1 Å². The molecule has 0 aliphatic heterocycles. The van der Waals surface area contributed by atoms with E-state index in [0.29, 0.717) is 35.7 Å². The van der Waals surface area contributed by atoms with Crippen LogP contribution in [0.4, 0.5) is 0 Å². The van der Waals surface area contributed by atoms with Crippen molar-refractivity contribution in [2.24, 2.45) is 4.99 Å². The van der Waals surface area contributed by atoms with Gasteiger partial charge in [0.05, 0.1) is 18.0 Å². The van der Waals surface area contributed by atoms with Crippen molar-refractivity contribution in [1.82, 2.24) is 10.3 Å². The number of ether oxygens (including phenoxy) is 1. The van der Waals surface area contributed by atoms with E-state index >= 15 is 0 Å². The smallest absolute Gasteiger partial charge is 0.216 e. The zero-order chi connectivity index (χ0) is 23.6. The summed E-state index contributed by atoms with van der Waals surface area (Å²) < 4.78 is 5.72. The van der Waals surface area contributed by atoms with Gasteiger partial charge >= 0.3 is 0 Å². The predicted molar refractivity (Wildman–Crippen MR) is 133 cm³/mol. The van der Waals surface area contributed by atoms with Crippen molar-refractivity contribution in [2.75, 3.05) is 20.2 Å². The number of aliphatic imine (C=N–C) groups is 1. The minimum atomic E-state index is -0.0329. The fourth-order valence-corrected chi connectivity index (χ4v) is 3.37. The second-order valence-corrected chi connectivity index (χ2v) is 7.39. The highest BCUT2D eigenvalue weighted by atomic mass is 16.5. The number of aromatic nitrogens is 1. The fourth-order valence-electron chi connectivity index (χ4n) is 3.37. The molecule has 1 heterocycles. The van der Waals surface area contributed by atoms with E-state index in [0.717, 1.165) is 35.1 Å². The lowest BCUT2D eigenvalue weighted by atomic mass is 10.00. The second-order valence-electron chi connectivity index (χ2n) is 7.39. The largest absolute Gasteiger partial charge is 0.494 e. The van der Waals surface area contributed by atoms with Gasteiger partial charge in [0, 0.05) is 43.4 Å². The normalized spacial score (nSPS) is 10.7. The van der Waals surface area contributed by atoms with Crippen LogP contribution in [0.15, 0.2) is 66.2 Å². The molecular formula is C27H27N3O3. The molecule has 1 N–H and O–H groups in total. The summed E-state index contributed by atoms with van der Waals surface area (Å²) in [7, 11) is 1.65. The van der Waals surface area contributed by atoms with Gasteiger partial charge < -0.3 is 10.1 Å². The van der Waals surface area contributed by atoms with Gasteiger partial charge in [-0.05, 0) is 41.8 Å². The van der Waals surface area contributed by atoms with Crippen LogP contribution < -0.4 is 10.1 Å². The average Bonchev–Trinajstić information content (AvgIpc) is 2.84. The molecule has 6 heteroatoms. The van der Waals surface area contributed by atoms with E-state index in [1.54, 1.807) is 25.4 Å². The quantitative estimate of drug-likeness (QED) is 0.278. The molecule has 0 spiro atoms. The van der Waals surface area contributed by atoms with Crippen molar-refractivity contribution >= 4 is 24.5 Å². The summed E-state index contributed by atoms with van der Waals surface area (Å²) in [6.07, 6.45) is 4.82. The Labute approximate surface area is 194 Å². The first-order valence-electron chi connectivity index (χ1n) is 10.7. The summed E-state index contributed by atoms with van der Waals surface area (Å²) >= 11 is 0. The van der Waals surface area contributed by atoms with Gasteiger partial charge in [0.1, 0.15) is 5.75 Å². The van der Waals surface area contributed by atoms with Gasteiger partial charge in [-0.15, -0.1) is 0 Å². The number of hydrogen-bond donors (Lipinski definition) is 1. The Hall–Kier alpha value is -4.06. The van der Waals surface area contributed by atoms with Crippen LogP contribution in [0.5, 0.6) is 5.75 Å². The van der Waals surface area contributed by atoms with Gasteiger partial charge in [0.25, 0.3) is 0 Å². The Kier molecular flexibility index (Phi) is 8.24. The zero-order valence-electron chi connectivity index (χ0n) is 18.9. The monoisotopic (exact) mass is 441 g/mol. The van der Waals surface area contributed by atoms with Crippen molar-refractivity contribution in [2.45, 2.75) is 13.3 Å². The van der Waals surface area contributed by atoms with E-state index in [4.69, 9.17) is 4.74 Å². The summed E-state index contributed by atoms with van der Waals surface area (Å²) in [5, 5.41) is 2.75. The van der Waals surface area contributed by atoms with Crippen LogP contribution in [0, 0.1) is 0 Å². The molecule has 1 amide bonds. The summed E-state index contributed by atoms with van der Waals surface area (Å²) in [6.45, 7) is 6.46. The van der Waals surface area contributed by atoms with Gasteiger partial charge in [0.15, 0.2) is 6.29 Å². The molecular weight excluding hydrogens is 414 g/mol. The number of carbonyl (C=O) groups is 2. The van der Waals surface area contributed by atoms with Crippen LogP contribution >= 0.6 is 0 Å². The Morgan fingerprint density at radius 2 is 1.73 bits per heavy atom. The average molecular weight is 442 g/mol. The molecule has 0 radical (unpaired) electrons. The molecule has 0 aliphatic rings. The fraction of sp³-hybridized carbons (Fsp3) is 0.185. The number of carbonyl (C=O) groups excluding carboxylic acids is 2. The Morgan fingerprint density at radius 1 is 1.09 bits per heavy atom. The Morgan fingerprint density at radius 3 is 2.30 bits per heavy atom. The SMILES string of the molecule is C=Cc1nc(-c2ccc(-c3ccc(OCCCNC(C)=O)cc3)cc2)cc(C=O)c1C=NC. The van der Waals surface area contributed by atoms with Gasteiger partial charge in [0.2, 0.25) is 5.91 Å². The van der Waals surface area contributed by atoms with Crippen LogP contribution in [-0.4, -0.2) is 43.6 Å². The molecule has 3 rings (SSSR count). The number of aldehydes is 1. The van der Waals surface area contributed by atoms with Crippen LogP contribution in [-0.2, 0) is 4.79 Å². The standard InChI is InChI=1S/C27H27N3O3/c1-4-26-25(17-28-3)23(18-31)16-27(30-26)22-8-6-20(7-9-22)21-10-12-24(13-11-21)33-15-5-14-29-19(2)32/h4,6-13,16-18H,1,5,14-15H2,2-3H3,(H,29,32). The number of nitrogens with one attached hydrogen (secondary N) is 1. The van der Waals surface area contributed by atoms with E-state index < -0.39 is 0 Å². The lowest BCUT2D eigenvalue weighted by Crippen LogP contribution is -2.22. The number of pyridine rings is 1. The van der Waals surface area contributed by atoms with E-state index in [1.165, 1.54) is 6.92 Å². The molecule has 3 aromatic rings. The number of amides is 1. The third-order valence-corrected chi connectivity index (χ3v) is 5.03. The first kappa shape index (κ1) is 23.6. The first-order valence-corrected chi connectivity index (χ1v) is 10.7. The van der Waals surface area contributed by atoms with Crippen LogP contribution in [0.3, 0.4) is 0 Å². The minimum absolute atomic E-state index is 0.0329. The first-order chi connectivity index (χ1) is 16.0. The second kappa shape index (κ2) is 11.5. The van der Waals surface area contributed by atoms with E-state index in [9.17, 15) is 9.59 Å². The van der Waals surface area contributed by atoms with Crippen molar-refractivity contribution in [3.05, 3.63) is 78.0 Å². The number of benzene rings is 2. The van der Waals surface area contributed by atoms with Crippen LogP contribution in [0.2, 0.25) is 0 Å². The van der Waals surface area contributed by atoms with Gasteiger partial charge in [-0.2, -0.15) is 0 Å². The van der Waals surface area contributed by atoms with Gasteiger partial charge in [-0.25, -0.2) is 4.98 Å². The van der Waals surface area contributed by atoms with Crippen molar-refractivity contribution in [3.63, 3.8) is 0 Å². The maximum absolute atomic E-state index is 11.6. The summed E-state index contributed by atoms with van der Waals surface area (Å²) in [5.74, 6) is 0.755. The molecule has 168 valence electrons. The summed E-state index contributed by atoms with van der Waals surface area (Å²) in [5.41, 5.74) is 5.55. The molecule has 0 aliphatic carbocycles. The number of nitrogens with zero attached hydrogens (tertiary/aromatic N) is 2. The minimum Gasteiger partial charge on any atom is -0.494 e. The Bertz CT molecular complexity index is 1120. The summed E-state index contributed by atoms with van der Waals surface area (Å²) in [6, 6.07) is 17.7. The molecule has 33 heavy (non-hydrogen) atoms. The molecule has 6 nitrogen and oxygen atoms in total. The van der Waals surface area contributed by atoms with E-state index in [-0.39, 0.29) is 5.91 Å². The predicted octanol–water partition coefficient (Wildman–Crippen LogP) is 4.82. The van der Waals surface area contributed by atoms with Crippen molar-refractivity contribution in [1.29, 1.82) is 0 Å². The molecule has 0 atom stereocenters. The third-order valence-electron chi connectivity index (χ3n) is 5.03. The van der Waals surface area contributed by atoms with Crippen LogP contribution in [0.25, 0.3) is 28.5 Å². The summed E-state index contributed by atoms with van der Waals surface area (Å²) in [4.78, 5) is 31.1. The maximum atomic E-state index is 11.6. The number of hydrogen-bond acceptors (Lipinski definition) is 5. The highest BCUT2D eigenvalue weighted by molar-refractivity contribution is 5.96. The lowest BCUT2D eigenvalue weighted by Gasteiger charge is -2.10. The van der Waals surface area contributed by atoms with Gasteiger partial charge in [-0.3, -0.25) is 14.6 Å². The topological polar surface area (TPSA) is 80.6 Å². The Balaban J connectivity index is 1.72. The van der Waals surface area contributed by atoms with Gasteiger partial charge in [-0.1, -0.05) is 43.0 Å². The molecule has 0 saturated heterocycles. The molecule has 0 fully saturated rings. The van der Waals surface area contributed by atoms with Crippen LogP contribution in [0.1, 0.15) is 35.0 Å². The molecule has 0 bridgehead atoms. The van der Waals surface area contributed by atoms with E-state index in [2.05, 4.69) is 21.9 Å². The highest BCUT2D eigenvalue weighted by Crippen LogP contribution is 2.27. The lowest BCUT2D eigenvalue weighted by molar-refractivity contribution is -0.118. The zero-order valence-corrected chi connectivity index (χ0v) is 18.9. The number of rotatable bonds is 10. The van der Waals surface area contributed by atoms with Crippen molar-refractivity contribution < 1.29 is 14.3 Å². The maximum Gasteiger partial charge on any atom is 0.216 e.